The van der Waals surface area contributed by atoms with E-state index in [4.69, 9.17) is 20.0 Å². The van der Waals surface area contributed by atoms with Crippen LogP contribution in [0.1, 0.15) is 128 Å². The van der Waals surface area contributed by atoms with Crippen LogP contribution >= 0.6 is 0 Å². The largest absolute Gasteiger partial charge is 2.00 e. The molecule has 0 N–H and O–H groups in total. The summed E-state index contributed by atoms with van der Waals surface area (Å²) >= 11 is 0. The van der Waals surface area contributed by atoms with Crippen LogP contribution in [-0.4, -0.2) is 46.7 Å². The van der Waals surface area contributed by atoms with E-state index in [1.807, 2.05) is 0 Å². The summed E-state index contributed by atoms with van der Waals surface area (Å²) in [7, 11) is 4.25. The first-order valence-corrected chi connectivity index (χ1v) is 24.4. The van der Waals surface area contributed by atoms with Gasteiger partial charge >= 0.3 is 17.1 Å². The fourth-order valence-electron chi connectivity index (χ4n) is 9.97. The molecule has 365 valence electrons. The number of hydrogen-bond acceptors (Lipinski definition) is 6. The van der Waals surface area contributed by atoms with Crippen molar-refractivity contribution in [3.05, 3.63) is 219 Å². The zero-order valence-corrected chi connectivity index (χ0v) is 46.7. The molecule has 0 amide bonds. The van der Waals surface area contributed by atoms with Crippen molar-refractivity contribution in [2.75, 3.05) is 14.1 Å². The molecular weight excluding hydrogens is 1030 g/mol. The van der Waals surface area contributed by atoms with Crippen LogP contribution in [0.25, 0.3) is 22.3 Å². The van der Waals surface area contributed by atoms with Gasteiger partial charge in [0.1, 0.15) is 0 Å². The van der Waals surface area contributed by atoms with Gasteiger partial charge in [-0.25, -0.2) is 20.0 Å². The van der Waals surface area contributed by atoms with E-state index in [1.165, 1.54) is 22.3 Å². The van der Waals surface area contributed by atoms with Crippen molar-refractivity contribution in [1.82, 2.24) is 9.80 Å². The quantitative estimate of drug-likeness (QED) is 0.116. The second kappa shape index (κ2) is 18.7. The molecule has 4 aromatic carbocycles. The molecule has 6 aliphatic rings. The average Bonchev–Trinajstić information content (AvgIpc) is 4.15. The van der Waals surface area contributed by atoms with Crippen molar-refractivity contribution in [2.24, 2.45) is 20.0 Å². The van der Waals surface area contributed by atoms with E-state index in [-0.39, 0.29) is 62.7 Å². The Morgan fingerprint density at radius 2 is 0.634 bits per heavy atom. The summed E-state index contributed by atoms with van der Waals surface area (Å²) in [6.07, 6.45) is 13.0. The SMILES string of the molecule is CN1[CH-]N(C)C2=C1C1=NC2=C(c2ccc(C(C)(C)C)cc2)C2=NC(=C(c3ccc(C(C)(C)C)cc3)C3=NC(=C(c4ccc(C(C)(C)C)cc4)C4=NC(=C1c1ccc(C(C)(C)C)cc1)C=C4)C=C3)C=C2.[Cu+2].[I-]. The minimum Gasteiger partial charge on any atom is -1.00 e. The van der Waals surface area contributed by atoms with E-state index >= 15 is 0 Å². The molecule has 0 saturated carbocycles. The monoisotopic (exact) mass is 1100 g/mol. The number of benzene rings is 4. The maximum absolute atomic E-state index is 5.84. The van der Waals surface area contributed by atoms with Gasteiger partial charge in [-0.15, -0.1) is 0 Å². The van der Waals surface area contributed by atoms with Crippen LogP contribution in [0.4, 0.5) is 0 Å². The van der Waals surface area contributed by atoms with Crippen LogP contribution in [0.5, 0.6) is 0 Å². The Morgan fingerprint density at radius 3 is 0.972 bits per heavy atom. The van der Waals surface area contributed by atoms with Gasteiger partial charge in [0.05, 0.1) is 57.0 Å². The molecule has 0 saturated heterocycles. The molecule has 0 aromatic heterocycles. The van der Waals surface area contributed by atoms with Crippen LogP contribution in [0.3, 0.4) is 0 Å². The van der Waals surface area contributed by atoms with E-state index in [9.17, 15) is 0 Å². The normalized spacial score (nSPS) is 17.8. The van der Waals surface area contributed by atoms with Crippen molar-refractivity contribution >= 4 is 45.1 Å². The van der Waals surface area contributed by atoms with E-state index in [0.717, 1.165) is 102 Å². The van der Waals surface area contributed by atoms with Gasteiger partial charge in [0.2, 0.25) is 0 Å². The predicted octanol–water partition coefficient (Wildman–Crippen LogP) is 11.5. The van der Waals surface area contributed by atoms with Crippen molar-refractivity contribution in [2.45, 2.75) is 105 Å². The minimum atomic E-state index is -0.0109. The fraction of sp³-hybridized carbons (Fsp3) is 0.286. The molecule has 0 unspecified atom stereocenters. The molecule has 8 heteroatoms. The van der Waals surface area contributed by atoms with Gasteiger partial charge in [-0.2, -0.15) is 6.67 Å². The first-order valence-electron chi connectivity index (χ1n) is 24.4. The van der Waals surface area contributed by atoms with Crippen LogP contribution < -0.4 is 24.0 Å². The Kier molecular flexibility index (Phi) is 13.6. The molecule has 6 nitrogen and oxygen atoms in total. The first-order chi connectivity index (χ1) is 32.5. The zero-order valence-electron chi connectivity index (χ0n) is 43.6. The van der Waals surface area contributed by atoms with Gasteiger partial charge < -0.3 is 33.8 Å². The summed E-state index contributed by atoms with van der Waals surface area (Å²) in [4.78, 5) is 27.1. The summed E-state index contributed by atoms with van der Waals surface area (Å²) < 4.78 is 0. The number of nitrogens with zero attached hydrogens (tertiary/aromatic N) is 6. The van der Waals surface area contributed by atoms with Gasteiger partial charge in [0.25, 0.3) is 0 Å². The second-order valence-electron chi connectivity index (χ2n) is 23.3. The first kappa shape index (κ1) is 51.7. The van der Waals surface area contributed by atoms with Gasteiger partial charge in [-0.3, -0.25) is 0 Å². The van der Waals surface area contributed by atoms with E-state index in [2.05, 4.69) is 247 Å². The van der Waals surface area contributed by atoms with Crippen molar-refractivity contribution < 1.29 is 41.0 Å². The third-order valence-electron chi connectivity index (χ3n) is 14.0. The Bertz CT molecular complexity index is 3220. The number of rotatable bonds is 4. The standard InChI is InChI=1S/C63H65N6.Cu.HI/c1-60(2,3)42-23-15-38(16-24-42)52-46-31-32-47(64-46)53(39-17-25-43(26-18-39)61(4,5)6)49-34-36-51(66-49)55(41-21-29-45(30-22-41)63(10,11)12)57-59-58(68(13)37-69(59)14)56(67-57)54(50-35-33-48(52)65-50)40-19-27-44(28-20-40)62(7,8)9;;/h15-37H,1-14H3;;1H/q-1;+2;/p-1. The number of allylic oxidation sites excluding steroid dienone is 10. The maximum atomic E-state index is 5.84. The van der Waals surface area contributed by atoms with Crippen molar-refractivity contribution in [3.8, 4) is 0 Å². The summed E-state index contributed by atoms with van der Waals surface area (Å²) in [5.74, 6) is 0. The molecule has 0 spiro atoms. The van der Waals surface area contributed by atoms with Crippen molar-refractivity contribution in [3.63, 3.8) is 0 Å². The number of halogens is 1. The molecule has 1 radical (unpaired) electrons. The maximum Gasteiger partial charge on any atom is 2.00 e. The smallest absolute Gasteiger partial charge is 1.00 e. The number of fused-ring (bicyclic) bond motifs is 6. The molecule has 0 atom stereocenters. The van der Waals surface area contributed by atoms with Gasteiger partial charge in [0.15, 0.2) is 0 Å². The van der Waals surface area contributed by atoms with E-state index < -0.39 is 0 Å². The Morgan fingerprint density at radius 1 is 0.352 bits per heavy atom. The number of likely N-dealkylation sites (N-methyl/N-ethyl adjacent to an activating group) is 1. The minimum absolute atomic E-state index is 0. The topological polar surface area (TPSA) is 55.9 Å². The van der Waals surface area contributed by atoms with Crippen LogP contribution in [0, 0.1) is 6.67 Å². The van der Waals surface area contributed by atoms with Gasteiger partial charge in [-0.1, -0.05) is 180 Å². The number of aliphatic imine (C=N–C) groups is 4. The third-order valence-corrected chi connectivity index (χ3v) is 14.0. The molecule has 6 aliphatic heterocycles. The molecule has 0 fully saturated rings. The fourth-order valence-corrected chi connectivity index (χ4v) is 9.97. The summed E-state index contributed by atoms with van der Waals surface area (Å²) in [6, 6.07) is 36.0. The molecule has 10 rings (SSSR count). The molecule has 0 aliphatic carbocycles. The third kappa shape index (κ3) is 9.60. The Hall–Kier alpha value is -5.67. The van der Waals surface area contributed by atoms with Crippen LogP contribution in [0.2, 0.25) is 0 Å². The summed E-state index contributed by atoms with van der Waals surface area (Å²) in [6.45, 7) is 29.3. The van der Waals surface area contributed by atoms with Crippen LogP contribution in [0.15, 0.2) is 188 Å². The van der Waals surface area contributed by atoms with Crippen molar-refractivity contribution in [1.29, 1.82) is 0 Å². The van der Waals surface area contributed by atoms with Gasteiger partial charge in [0, 0.05) is 22.3 Å². The van der Waals surface area contributed by atoms with E-state index in [1.54, 1.807) is 0 Å². The predicted molar refractivity (Wildman–Crippen MR) is 292 cm³/mol. The zero-order chi connectivity index (χ0) is 48.9. The molecular formula is C63H65CuIN6. The molecule has 71 heavy (non-hydrogen) atoms. The molecule has 8 bridgehead atoms. The second-order valence-corrected chi connectivity index (χ2v) is 23.3. The van der Waals surface area contributed by atoms with E-state index in [0.29, 0.717) is 0 Å². The van der Waals surface area contributed by atoms with Crippen LogP contribution in [-0.2, 0) is 38.7 Å². The average molecular weight is 1100 g/mol. The molecule has 6 heterocycles. The Balaban J connectivity index is 0.00000338. The molecule has 4 aromatic rings. The summed E-state index contributed by atoms with van der Waals surface area (Å²) in [5.41, 5.74) is 22.1. The summed E-state index contributed by atoms with van der Waals surface area (Å²) in [5, 5.41) is 0. The Labute approximate surface area is 450 Å². The number of hydrogen-bond donors (Lipinski definition) is 0. The van der Waals surface area contributed by atoms with Gasteiger partial charge in [-0.05, 0) is 117 Å².